The highest BCUT2D eigenvalue weighted by Crippen LogP contribution is 2.23. The van der Waals surface area contributed by atoms with Crippen molar-refractivity contribution in [1.29, 1.82) is 0 Å². The van der Waals surface area contributed by atoms with E-state index in [9.17, 15) is 0 Å². The van der Waals surface area contributed by atoms with Gasteiger partial charge in [0.25, 0.3) is 0 Å². The molecule has 0 spiro atoms. The first-order valence-electron chi connectivity index (χ1n) is 7.13. The Morgan fingerprint density at radius 3 is 2.48 bits per heavy atom. The van der Waals surface area contributed by atoms with Crippen molar-refractivity contribution in [3.63, 3.8) is 0 Å². The number of aryl methyl sites for hydroxylation is 2. The number of rotatable bonds is 6. The third kappa shape index (κ3) is 4.80. The minimum absolute atomic E-state index is 0.0380. The summed E-state index contributed by atoms with van der Waals surface area (Å²) in [6, 6.07) is 14.7. The van der Waals surface area contributed by atoms with Crippen molar-refractivity contribution >= 4 is 11.8 Å². The van der Waals surface area contributed by atoms with Crippen molar-refractivity contribution in [2.24, 2.45) is 5.73 Å². The van der Waals surface area contributed by atoms with Crippen LogP contribution in [0.15, 0.2) is 42.5 Å². The van der Waals surface area contributed by atoms with Gasteiger partial charge >= 0.3 is 0 Å². The van der Waals surface area contributed by atoms with Gasteiger partial charge in [-0.2, -0.15) is 11.8 Å². The smallest absolute Gasteiger partial charge is 0.119 e. The van der Waals surface area contributed by atoms with Gasteiger partial charge in [0.1, 0.15) is 5.75 Å². The van der Waals surface area contributed by atoms with Crippen LogP contribution in [-0.2, 0) is 5.75 Å². The molecule has 0 saturated carbocycles. The minimum atomic E-state index is 0.0380. The molecule has 0 aliphatic carbocycles. The second kappa shape index (κ2) is 7.53. The zero-order chi connectivity index (χ0) is 15.2. The van der Waals surface area contributed by atoms with Crippen LogP contribution in [0.3, 0.4) is 0 Å². The predicted molar refractivity (Wildman–Crippen MR) is 92.0 cm³/mol. The van der Waals surface area contributed by atoms with Crippen LogP contribution in [0.1, 0.15) is 28.3 Å². The second-order valence-corrected chi connectivity index (χ2v) is 6.42. The van der Waals surface area contributed by atoms with Gasteiger partial charge in [0.05, 0.1) is 7.11 Å². The van der Waals surface area contributed by atoms with Crippen molar-refractivity contribution in [3.05, 3.63) is 64.7 Å². The lowest BCUT2D eigenvalue weighted by Crippen LogP contribution is -2.13. The molecule has 0 bridgehead atoms. The molecule has 0 amide bonds. The quantitative estimate of drug-likeness (QED) is 0.866. The van der Waals surface area contributed by atoms with E-state index in [1.165, 1.54) is 16.7 Å². The average molecular weight is 301 g/mol. The number of benzene rings is 2. The first kappa shape index (κ1) is 15.9. The van der Waals surface area contributed by atoms with Gasteiger partial charge in [-0.25, -0.2) is 0 Å². The Morgan fingerprint density at radius 1 is 1.10 bits per heavy atom. The van der Waals surface area contributed by atoms with Gasteiger partial charge < -0.3 is 10.5 Å². The summed E-state index contributed by atoms with van der Waals surface area (Å²) >= 11 is 1.87. The number of hydrogen-bond donors (Lipinski definition) is 1. The Labute approximate surface area is 131 Å². The zero-order valence-electron chi connectivity index (χ0n) is 12.9. The monoisotopic (exact) mass is 301 g/mol. The summed E-state index contributed by atoms with van der Waals surface area (Å²) in [7, 11) is 1.68. The molecular formula is C18H23NOS. The van der Waals surface area contributed by atoms with Gasteiger partial charge in [0.15, 0.2) is 0 Å². The van der Waals surface area contributed by atoms with Gasteiger partial charge in [0, 0.05) is 17.5 Å². The highest BCUT2D eigenvalue weighted by Gasteiger charge is 2.07. The number of hydrogen-bond acceptors (Lipinski definition) is 3. The number of nitrogens with two attached hydrogens (primary N) is 1. The summed E-state index contributed by atoms with van der Waals surface area (Å²) in [4.78, 5) is 0. The molecule has 2 aromatic carbocycles. The fourth-order valence-corrected chi connectivity index (χ4v) is 3.39. The third-order valence-corrected chi connectivity index (χ3v) is 4.50. The molecule has 0 heterocycles. The summed E-state index contributed by atoms with van der Waals surface area (Å²) in [5.74, 6) is 2.77. The molecule has 0 radical (unpaired) electrons. The van der Waals surface area contributed by atoms with Gasteiger partial charge in [-0.05, 0) is 37.1 Å². The molecule has 21 heavy (non-hydrogen) atoms. The van der Waals surface area contributed by atoms with E-state index in [4.69, 9.17) is 10.5 Å². The Morgan fingerprint density at radius 2 is 1.81 bits per heavy atom. The largest absolute Gasteiger partial charge is 0.497 e. The van der Waals surface area contributed by atoms with Crippen LogP contribution in [0.25, 0.3) is 0 Å². The fraction of sp³-hybridized carbons (Fsp3) is 0.333. The molecule has 0 aliphatic heterocycles. The summed E-state index contributed by atoms with van der Waals surface area (Å²) < 4.78 is 5.24. The number of thioether (sulfide) groups is 1. The average Bonchev–Trinajstić information content (AvgIpc) is 2.46. The Bertz CT molecular complexity index is 577. The lowest BCUT2D eigenvalue weighted by atomic mass is 10.1. The topological polar surface area (TPSA) is 35.2 Å². The molecule has 2 nitrogen and oxygen atoms in total. The molecule has 0 fully saturated rings. The second-order valence-electron chi connectivity index (χ2n) is 5.39. The molecule has 2 rings (SSSR count). The molecule has 112 valence electrons. The summed E-state index contributed by atoms with van der Waals surface area (Å²) in [6.45, 7) is 4.28. The standard InChI is InChI=1S/C18H23NOS/c1-13-7-14(2)9-15(8-13)11-21-12-18(19)16-5-4-6-17(10-16)20-3/h4-10,18H,11-12,19H2,1-3H3. The summed E-state index contributed by atoms with van der Waals surface area (Å²) in [5.41, 5.74) is 11.4. The van der Waals surface area contributed by atoms with E-state index in [1.54, 1.807) is 7.11 Å². The molecular weight excluding hydrogens is 278 g/mol. The van der Waals surface area contributed by atoms with E-state index in [2.05, 4.69) is 38.1 Å². The first-order valence-corrected chi connectivity index (χ1v) is 8.28. The van der Waals surface area contributed by atoms with Crippen LogP contribution in [-0.4, -0.2) is 12.9 Å². The van der Waals surface area contributed by atoms with Crippen molar-refractivity contribution in [1.82, 2.24) is 0 Å². The maximum Gasteiger partial charge on any atom is 0.119 e. The number of ether oxygens (including phenoxy) is 1. The van der Waals surface area contributed by atoms with Crippen LogP contribution in [0.2, 0.25) is 0 Å². The maximum absolute atomic E-state index is 6.27. The van der Waals surface area contributed by atoms with Crippen LogP contribution in [0, 0.1) is 13.8 Å². The highest BCUT2D eigenvalue weighted by atomic mass is 32.2. The molecule has 0 saturated heterocycles. The summed E-state index contributed by atoms with van der Waals surface area (Å²) in [5, 5.41) is 0. The van der Waals surface area contributed by atoms with E-state index < -0.39 is 0 Å². The Balaban J connectivity index is 1.90. The normalized spacial score (nSPS) is 12.2. The van der Waals surface area contributed by atoms with Gasteiger partial charge in [-0.1, -0.05) is 41.5 Å². The van der Waals surface area contributed by atoms with Gasteiger partial charge in [-0.3, -0.25) is 0 Å². The lowest BCUT2D eigenvalue weighted by molar-refractivity contribution is 0.414. The lowest BCUT2D eigenvalue weighted by Gasteiger charge is -2.13. The fourth-order valence-electron chi connectivity index (χ4n) is 2.42. The summed E-state index contributed by atoms with van der Waals surface area (Å²) in [6.07, 6.45) is 0. The van der Waals surface area contributed by atoms with E-state index >= 15 is 0 Å². The third-order valence-electron chi connectivity index (χ3n) is 3.37. The van der Waals surface area contributed by atoms with E-state index in [1.807, 2.05) is 30.0 Å². The number of methoxy groups -OCH3 is 1. The molecule has 2 N–H and O–H groups in total. The van der Waals surface area contributed by atoms with E-state index in [0.717, 1.165) is 22.8 Å². The van der Waals surface area contributed by atoms with Crippen molar-refractivity contribution in [3.8, 4) is 5.75 Å². The predicted octanol–water partition coefficient (Wildman–Crippen LogP) is 4.25. The van der Waals surface area contributed by atoms with Crippen molar-refractivity contribution in [2.75, 3.05) is 12.9 Å². The van der Waals surface area contributed by atoms with Crippen LogP contribution < -0.4 is 10.5 Å². The maximum atomic E-state index is 6.27. The molecule has 0 aromatic heterocycles. The van der Waals surface area contributed by atoms with Crippen LogP contribution in [0.4, 0.5) is 0 Å². The molecule has 0 aliphatic rings. The van der Waals surface area contributed by atoms with Gasteiger partial charge in [0.2, 0.25) is 0 Å². The van der Waals surface area contributed by atoms with Crippen molar-refractivity contribution in [2.45, 2.75) is 25.6 Å². The zero-order valence-corrected chi connectivity index (χ0v) is 13.7. The molecule has 2 aromatic rings. The van der Waals surface area contributed by atoms with Crippen molar-refractivity contribution < 1.29 is 4.74 Å². The van der Waals surface area contributed by atoms with E-state index in [-0.39, 0.29) is 6.04 Å². The SMILES string of the molecule is COc1cccc(C(N)CSCc2cc(C)cc(C)c2)c1. The Hall–Kier alpha value is -1.45. The highest BCUT2D eigenvalue weighted by molar-refractivity contribution is 7.98. The molecule has 1 atom stereocenters. The van der Waals surface area contributed by atoms with Crippen LogP contribution in [0.5, 0.6) is 5.75 Å². The molecule has 1 unspecified atom stereocenters. The molecule has 3 heteroatoms. The Kier molecular flexibility index (Phi) is 5.71. The van der Waals surface area contributed by atoms with Crippen LogP contribution >= 0.6 is 11.8 Å². The minimum Gasteiger partial charge on any atom is -0.497 e. The first-order chi connectivity index (χ1) is 10.1. The van der Waals surface area contributed by atoms with E-state index in [0.29, 0.717) is 0 Å². The van der Waals surface area contributed by atoms with Gasteiger partial charge in [-0.15, -0.1) is 0 Å².